The van der Waals surface area contributed by atoms with Gasteiger partial charge in [-0.05, 0) is 18.6 Å². The van der Waals surface area contributed by atoms with E-state index in [-0.39, 0.29) is 17.7 Å². The Morgan fingerprint density at radius 2 is 2.00 bits per heavy atom. The molecule has 0 radical (unpaired) electrons. The topological polar surface area (TPSA) is 83.5 Å². The molecule has 1 aromatic rings. The highest BCUT2D eigenvalue weighted by Gasteiger charge is 2.18. The van der Waals surface area contributed by atoms with Gasteiger partial charge in [-0.2, -0.15) is 0 Å². The van der Waals surface area contributed by atoms with E-state index in [9.17, 15) is 13.2 Å². The van der Waals surface area contributed by atoms with Crippen LogP contribution in [0, 0.1) is 0 Å². The molecule has 0 unspecified atom stereocenters. The molecule has 1 atom stereocenters. The average Bonchev–Trinajstić information content (AvgIpc) is 2.35. The first-order valence-corrected chi connectivity index (χ1v) is 6.86. The van der Waals surface area contributed by atoms with Gasteiger partial charge in [0.05, 0.1) is 4.90 Å². The van der Waals surface area contributed by atoms with Crippen LogP contribution in [-0.4, -0.2) is 25.5 Å². The third kappa shape index (κ3) is 4.31. The molecule has 2 N–H and O–H groups in total. The van der Waals surface area contributed by atoms with Gasteiger partial charge in [0.1, 0.15) is 0 Å². The van der Waals surface area contributed by atoms with E-state index in [1.807, 2.05) is 0 Å². The Morgan fingerprint density at radius 3 is 2.50 bits per heavy atom. The molecule has 0 aliphatic carbocycles. The largest absolute Gasteiger partial charge is 0.481 e. The highest BCUT2D eigenvalue weighted by atomic mass is 32.2. The standard InChI is InChI=1S/C12H15NO4S/c1-2-10(8-9-12(14)15)13-18(16,17)11-6-4-3-5-7-11/h2-7,10,13H,1,8-9H2,(H,14,15)/t10-/m1/s1. The Labute approximate surface area is 106 Å². The van der Waals surface area contributed by atoms with E-state index >= 15 is 0 Å². The summed E-state index contributed by atoms with van der Waals surface area (Å²) in [5.74, 6) is -0.972. The van der Waals surface area contributed by atoms with Gasteiger partial charge in [0.25, 0.3) is 0 Å². The first-order valence-electron chi connectivity index (χ1n) is 5.37. The summed E-state index contributed by atoms with van der Waals surface area (Å²) < 4.78 is 26.3. The third-order valence-corrected chi connectivity index (χ3v) is 3.82. The van der Waals surface area contributed by atoms with Crippen molar-refractivity contribution >= 4 is 16.0 Å². The van der Waals surface area contributed by atoms with Crippen molar-refractivity contribution in [2.45, 2.75) is 23.8 Å². The number of carboxylic acids is 1. The first-order chi connectivity index (χ1) is 8.45. The van der Waals surface area contributed by atoms with E-state index in [1.54, 1.807) is 18.2 Å². The summed E-state index contributed by atoms with van der Waals surface area (Å²) in [4.78, 5) is 10.6. The maximum atomic E-state index is 11.9. The molecule has 0 fully saturated rings. The van der Waals surface area contributed by atoms with E-state index in [1.165, 1.54) is 18.2 Å². The average molecular weight is 269 g/mol. The molecule has 0 aliphatic heterocycles. The van der Waals surface area contributed by atoms with Crippen molar-refractivity contribution in [1.29, 1.82) is 0 Å². The zero-order valence-electron chi connectivity index (χ0n) is 9.74. The first kappa shape index (κ1) is 14.4. The van der Waals surface area contributed by atoms with Gasteiger partial charge in [0, 0.05) is 12.5 Å². The quantitative estimate of drug-likeness (QED) is 0.733. The molecule has 0 aliphatic rings. The van der Waals surface area contributed by atoms with Crippen LogP contribution in [0.15, 0.2) is 47.9 Å². The van der Waals surface area contributed by atoms with Crippen molar-refractivity contribution in [2.24, 2.45) is 0 Å². The third-order valence-electron chi connectivity index (χ3n) is 2.31. The summed E-state index contributed by atoms with van der Waals surface area (Å²) in [6, 6.07) is 7.31. The van der Waals surface area contributed by atoms with E-state index in [2.05, 4.69) is 11.3 Å². The summed E-state index contributed by atoms with van der Waals surface area (Å²) in [5, 5.41) is 8.56. The zero-order chi connectivity index (χ0) is 13.6. The second-order valence-corrected chi connectivity index (χ2v) is 5.42. The number of nitrogens with one attached hydrogen (secondary N) is 1. The Morgan fingerprint density at radius 1 is 1.39 bits per heavy atom. The SMILES string of the molecule is C=C[C@H](CCC(=O)O)NS(=O)(=O)c1ccccc1. The molecule has 1 rings (SSSR count). The number of hydrogen-bond acceptors (Lipinski definition) is 3. The van der Waals surface area contributed by atoms with Crippen molar-refractivity contribution in [3.63, 3.8) is 0 Å². The molecule has 0 aromatic heterocycles. The molecule has 0 bridgehead atoms. The van der Waals surface area contributed by atoms with Crippen LogP contribution in [-0.2, 0) is 14.8 Å². The predicted molar refractivity (Wildman–Crippen MR) is 67.6 cm³/mol. The van der Waals surface area contributed by atoms with Gasteiger partial charge >= 0.3 is 5.97 Å². The van der Waals surface area contributed by atoms with Crippen LogP contribution < -0.4 is 4.72 Å². The number of hydrogen-bond donors (Lipinski definition) is 2. The van der Waals surface area contributed by atoms with Crippen LogP contribution in [0.1, 0.15) is 12.8 Å². The van der Waals surface area contributed by atoms with E-state index in [4.69, 9.17) is 5.11 Å². The number of carboxylic acid groups (broad SMARTS) is 1. The van der Waals surface area contributed by atoms with Crippen LogP contribution in [0.5, 0.6) is 0 Å². The number of rotatable bonds is 7. The number of sulfonamides is 1. The van der Waals surface area contributed by atoms with Gasteiger partial charge in [0.15, 0.2) is 0 Å². The lowest BCUT2D eigenvalue weighted by Crippen LogP contribution is -2.33. The van der Waals surface area contributed by atoms with Crippen molar-refractivity contribution in [1.82, 2.24) is 4.72 Å². The molecule has 0 heterocycles. The number of aliphatic carboxylic acids is 1. The fourth-order valence-corrected chi connectivity index (χ4v) is 2.64. The maximum absolute atomic E-state index is 11.9. The Balaban J connectivity index is 2.75. The van der Waals surface area contributed by atoms with Gasteiger partial charge < -0.3 is 5.11 Å². The lowest BCUT2D eigenvalue weighted by Gasteiger charge is -2.14. The molecule has 1 aromatic carbocycles. The lowest BCUT2D eigenvalue weighted by atomic mass is 10.2. The van der Waals surface area contributed by atoms with Crippen LogP contribution in [0.2, 0.25) is 0 Å². The number of benzene rings is 1. The fraction of sp³-hybridized carbons (Fsp3) is 0.250. The molecule has 0 saturated heterocycles. The summed E-state index contributed by atoms with van der Waals surface area (Å²) in [7, 11) is -3.63. The van der Waals surface area contributed by atoms with Crippen LogP contribution in [0.4, 0.5) is 0 Å². The van der Waals surface area contributed by atoms with Gasteiger partial charge in [0.2, 0.25) is 10.0 Å². The summed E-state index contributed by atoms with van der Waals surface area (Å²) in [5.41, 5.74) is 0. The molecular formula is C12H15NO4S. The van der Waals surface area contributed by atoms with Gasteiger partial charge in [-0.15, -0.1) is 6.58 Å². The van der Waals surface area contributed by atoms with Crippen LogP contribution in [0.25, 0.3) is 0 Å². The Hall–Kier alpha value is -1.66. The molecule has 98 valence electrons. The molecule has 0 saturated carbocycles. The maximum Gasteiger partial charge on any atom is 0.303 e. The Kier molecular flexibility index (Phi) is 5.06. The van der Waals surface area contributed by atoms with Gasteiger partial charge in [-0.1, -0.05) is 24.3 Å². The van der Waals surface area contributed by atoms with E-state index in [0.717, 1.165) is 0 Å². The highest BCUT2D eigenvalue weighted by molar-refractivity contribution is 7.89. The van der Waals surface area contributed by atoms with E-state index in [0.29, 0.717) is 0 Å². The summed E-state index contributed by atoms with van der Waals surface area (Å²) >= 11 is 0. The van der Waals surface area contributed by atoms with Gasteiger partial charge in [-0.25, -0.2) is 13.1 Å². The van der Waals surface area contributed by atoms with Gasteiger partial charge in [-0.3, -0.25) is 4.79 Å². The molecule has 6 heteroatoms. The van der Waals surface area contributed by atoms with E-state index < -0.39 is 22.0 Å². The second kappa shape index (κ2) is 6.32. The summed E-state index contributed by atoms with van der Waals surface area (Å²) in [6.45, 7) is 3.50. The zero-order valence-corrected chi connectivity index (χ0v) is 10.6. The predicted octanol–water partition coefficient (Wildman–Crippen LogP) is 1.38. The van der Waals surface area contributed by atoms with Crippen LogP contribution in [0.3, 0.4) is 0 Å². The molecule has 0 spiro atoms. The molecule has 5 nitrogen and oxygen atoms in total. The molecule has 0 amide bonds. The van der Waals surface area contributed by atoms with Crippen molar-refractivity contribution < 1.29 is 18.3 Å². The molecule has 18 heavy (non-hydrogen) atoms. The van der Waals surface area contributed by atoms with Crippen molar-refractivity contribution in [2.75, 3.05) is 0 Å². The highest BCUT2D eigenvalue weighted by Crippen LogP contribution is 2.10. The van der Waals surface area contributed by atoms with Crippen molar-refractivity contribution in [3.8, 4) is 0 Å². The minimum Gasteiger partial charge on any atom is -0.481 e. The van der Waals surface area contributed by atoms with Crippen LogP contribution >= 0.6 is 0 Å². The Bertz CT molecular complexity index is 510. The van der Waals surface area contributed by atoms with Crippen molar-refractivity contribution in [3.05, 3.63) is 43.0 Å². The second-order valence-electron chi connectivity index (χ2n) is 3.71. The minimum absolute atomic E-state index is 0.117. The smallest absolute Gasteiger partial charge is 0.303 e. The fourth-order valence-electron chi connectivity index (χ4n) is 1.37. The lowest BCUT2D eigenvalue weighted by molar-refractivity contribution is -0.137. The summed E-state index contributed by atoms with van der Waals surface area (Å²) in [6.07, 6.45) is 1.45. The molecular weight excluding hydrogens is 254 g/mol. The minimum atomic E-state index is -3.63. The normalized spacial score (nSPS) is 12.9. The monoisotopic (exact) mass is 269 g/mol. The number of carbonyl (C=O) groups is 1.